The zero-order chi connectivity index (χ0) is 16.2. The number of piperazine rings is 1. The molecule has 2 rings (SSSR count). The molecule has 6 nitrogen and oxygen atoms in total. The molecule has 1 aromatic carbocycles. The number of benzene rings is 1. The van der Waals surface area contributed by atoms with Crippen LogP contribution in [-0.2, 0) is 10.0 Å². The van der Waals surface area contributed by atoms with Crippen LogP contribution in [0.5, 0.6) is 0 Å². The number of hydrogen-bond acceptors (Lipinski definition) is 4. The van der Waals surface area contributed by atoms with Gasteiger partial charge < -0.3 is 10.2 Å². The maximum Gasteiger partial charge on any atom is 0.321 e. The highest BCUT2D eigenvalue weighted by molar-refractivity contribution is 7.98. The Labute approximate surface area is 135 Å². The van der Waals surface area contributed by atoms with Crippen molar-refractivity contribution in [3.63, 3.8) is 0 Å². The van der Waals surface area contributed by atoms with E-state index in [9.17, 15) is 13.2 Å². The highest BCUT2D eigenvalue weighted by Gasteiger charge is 2.27. The third-order valence-electron chi connectivity index (χ3n) is 3.63. The topological polar surface area (TPSA) is 69.7 Å². The Bertz CT molecular complexity index is 609. The highest BCUT2D eigenvalue weighted by atomic mass is 32.2. The zero-order valence-corrected chi connectivity index (χ0v) is 14.4. The predicted molar refractivity (Wildman–Crippen MR) is 89.8 cm³/mol. The minimum Gasteiger partial charge on any atom is -0.322 e. The largest absolute Gasteiger partial charge is 0.322 e. The number of rotatable bonds is 4. The Morgan fingerprint density at radius 2 is 1.77 bits per heavy atom. The van der Waals surface area contributed by atoms with Gasteiger partial charge in [0.1, 0.15) is 0 Å². The molecule has 0 bridgehead atoms. The fourth-order valence-corrected chi connectivity index (χ4v) is 3.72. The van der Waals surface area contributed by atoms with Gasteiger partial charge in [-0.2, -0.15) is 4.31 Å². The number of carbonyl (C=O) groups excluding carboxylic acids is 1. The molecule has 1 N–H and O–H groups in total. The van der Waals surface area contributed by atoms with Crippen molar-refractivity contribution in [1.29, 1.82) is 0 Å². The molecule has 1 heterocycles. The summed E-state index contributed by atoms with van der Waals surface area (Å²) in [4.78, 5) is 15.0. The number of hydrogen-bond donors (Lipinski definition) is 1. The monoisotopic (exact) mass is 343 g/mol. The molecule has 0 unspecified atom stereocenters. The van der Waals surface area contributed by atoms with Crippen molar-refractivity contribution in [2.24, 2.45) is 0 Å². The molecule has 1 aliphatic rings. The van der Waals surface area contributed by atoms with E-state index in [1.165, 1.54) is 4.31 Å². The third kappa shape index (κ3) is 4.15. The molecule has 1 saturated heterocycles. The Balaban J connectivity index is 1.89. The zero-order valence-electron chi connectivity index (χ0n) is 12.8. The Hall–Kier alpha value is -1.25. The van der Waals surface area contributed by atoms with Gasteiger partial charge in [0.15, 0.2) is 0 Å². The van der Waals surface area contributed by atoms with Crippen LogP contribution in [0.4, 0.5) is 10.5 Å². The summed E-state index contributed by atoms with van der Waals surface area (Å²) in [7, 11) is -3.16. The van der Waals surface area contributed by atoms with Crippen molar-refractivity contribution in [1.82, 2.24) is 9.21 Å². The first-order valence-electron chi connectivity index (χ1n) is 7.14. The first-order valence-corrected chi connectivity index (χ1v) is 9.97. The minimum absolute atomic E-state index is 0.0982. The minimum atomic E-state index is -3.16. The lowest BCUT2D eigenvalue weighted by Gasteiger charge is -2.33. The van der Waals surface area contributed by atoms with E-state index in [4.69, 9.17) is 0 Å². The fraction of sp³-hybridized carbons (Fsp3) is 0.500. The highest BCUT2D eigenvalue weighted by Crippen LogP contribution is 2.18. The van der Waals surface area contributed by atoms with Crippen molar-refractivity contribution in [3.05, 3.63) is 24.3 Å². The molecule has 22 heavy (non-hydrogen) atoms. The average molecular weight is 343 g/mol. The van der Waals surface area contributed by atoms with Crippen molar-refractivity contribution in [2.75, 3.05) is 43.5 Å². The predicted octanol–water partition coefficient (Wildman–Crippen LogP) is 1.91. The molecule has 1 fully saturated rings. The van der Waals surface area contributed by atoms with Crippen molar-refractivity contribution >= 4 is 33.5 Å². The summed E-state index contributed by atoms with van der Waals surface area (Å²) in [6.07, 6.45) is 2.00. The maximum atomic E-state index is 12.2. The van der Waals surface area contributed by atoms with E-state index in [1.54, 1.807) is 23.6 Å². The van der Waals surface area contributed by atoms with Gasteiger partial charge >= 0.3 is 6.03 Å². The standard InChI is InChI=1S/C14H21N3O3S2/c1-3-22(19,20)17-10-8-16(9-11-17)14(18)15-12-4-6-13(21-2)7-5-12/h4-7H,3,8-11H2,1-2H3,(H,15,18). The molecule has 122 valence electrons. The van der Waals surface area contributed by atoms with Crippen LogP contribution in [-0.4, -0.2) is 61.8 Å². The second kappa shape index (κ2) is 7.34. The molecular formula is C14H21N3O3S2. The van der Waals surface area contributed by atoms with Gasteiger partial charge in [0.25, 0.3) is 0 Å². The summed E-state index contributed by atoms with van der Waals surface area (Å²) in [5, 5.41) is 2.84. The van der Waals surface area contributed by atoms with Crippen LogP contribution < -0.4 is 5.32 Å². The molecule has 0 saturated carbocycles. The molecule has 0 radical (unpaired) electrons. The quantitative estimate of drug-likeness (QED) is 0.848. The van der Waals surface area contributed by atoms with Crippen molar-refractivity contribution in [3.8, 4) is 0 Å². The first kappa shape index (κ1) is 17.1. The van der Waals surface area contributed by atoms with Crippen molar-refractivity contribution in [2.45, 2.75) is 11.8 Å². The normalized spacial score (nSPS) is 16.5. The van der Waals surface area contributed by atoms with E-state index in [1.807, 2.05) is 30.5 Å². The lowest BCUT2D eigenvalue weighted by molar-refractivity contribution is 0.184. The molecular weight excluding hydrogens is 322 g/mol. The second-order valence-electron chi connectivity index (χ2n) is 4.95. The van der Waals surface area contributed by atoms with Gasteiger partial charge in [0.05, 0.1) is 5.75 Å². The van der Waals surface area contributed by atoms with Crippen molar-refractivity contribution < 1.29 is 13.2 Å². The van der Waals surface area contributed by atoms with Crippen LogP contribution in [0.15, 0.2) is 29.2 Å². The van der Waals surface area contributed by atoms with Gasteiger partial charge in [-0.1, -0.05) is 0 Å². The van der Waals surface area contributed by atoms with Crippen LogP contribution in [0.25, 0.3) is 0 Å². The SMILES string of the molecule is CCS(=O)(=O)N1CCN(C(=O)Nc2ccc(SC)cc2)CC1. The Morgan fingerprint density at radius 1 is 1.18 bits per heavy atom. The molecule has 0 spiro atoms. The number of nitrogens with zero attached hydrogens (tertiary/aromatic N) is 2. The lowest BCUT2D eigenvalue weighted by atomic mass is 10.3. The molecule has 1 aliphatic heterocycles. The first-order chi connectivity index (χ1) is 10.5. The molecule has 0 aromatic heterocycles. The van der Waals surface area contributed by atoms with Crippen LogP contribution in [0.2, 0.25) is 0 Å². The third-order valence-corrected chi connectivity index (χ3v) is 6.25. The maximum absolute atomic E-state index is 12.2. The van der Waals surface area contributed by atoms with Crippen LogP contribution in [0.1, 0.15) is 6.92 Å². The van der Waals surface area contributed by atoms with E-state index in [0.29, 0.717) is 26.2 Å². The summed E-state index contributed by atoms with van der Waals surface area (Å²) in [6, 6.07) is 7.44. The second-order valence-corrected chi connectivity index (χ2v) is 8.08. The molecule has 0 aliphatic carbocycles. The van der Waals surface area contributed by atoms with Gasteiger partial charge in [0.2, 0.25) is 10.0 Å². The molecule has 0 atom stereocenters. The number of amides is 2. The van der Waals surface area contributed by atoms with Gasteiger partial charge in [-0.3, -0.25) is 0 Å². The van der Waals surface area contributed by atoms with Crippen LogP contribution in [0, 0.1) is 0 Å². The number of anilines is 1. The number of urea groups is 1. The summed E-state index contributed by atoms with van der Waals surface area (Å²) in [6.45, 7) is 3.17. The number of sulfonamides is 1. The smallest absolute Gasteiger partial charge is 0.321 e. The van der Waals surface area contributed by atoms with Gasteiger partial charge in [-0.25, -0.2) is 13.2 Å². The average Bonchev–Trinajstić information content (AvgIpc) is 2.55. The van der Waals surface area contributed by atoms with E-state index in [0.717, 1.165) is 10.6 Å². The molecule has 8 heteroatoms. The Kier molecular flexibility index (Phi) is 5.71. The van der Waals surface area contributed by atoms with Crippen LogP contribution >= 0.6 is 11.8 Å². The summed E-state index contributed by atoms with van der Waals surface area (Å²) >= 11 is 1.64. The summed E-state index contributed by atoms with van der Waals surface area (Å²) in [5.74, 6) is 0.0982. The van der Waals surface area contributed by atoms with E-state index < -0.39 is 10.0 Å². The van der Waals surface area contributed by atoms with Gasteiger partial charge in [-0.15, -0.1) is 11.8 Å². The molecule has 1 aromatic rings. The van der Waals surface area contributed by atoms with E-state index in [-0.39, 0.29) is 11.8 Å². The van der Waals surface area contributed by atoms with E-state index >= 15 is 0 Å². The van der Waals surface area contributed by atoms with Crippen LogP contribution in [0.3, 0.4) is 0 Å². The number of carbonyl (C=O) groups is 1. The van der Waals surface area contributed by atoms with Gasteiger partial charge in [0, 0.05) is 36.8 Å². The summed E-state index contributed by atoms with van der Waals surface area (Å²) < 4.78 is 25.0. The lowest BCUT2D eigenvalue weighted by Crippen LogP contribution is -2.51. The number of nitrogens with one attached hydrogen (secondary N) is 1. The molecule has 2 amide bonds. The number of thioether (sulfide) groups is 1. The fourth-order valence-electron chi connectivity index (χ4n) is 2.23. The summed E-state index contributed by atoms with van der Waals surface area (Å²) in [5.41, 5.74) is 0.742. The Morgan fingerprint density at radius 3 is 2.27 bits per heavy atom. The van der Waals surface area contributed by atoms with Gasteiger partial charge in [-0.05, 0) is 37.4 Å². The van der Waals surface area contributed by atoms with E-state index in [2.05, 4.69) is 5.32 Å².